The van der Waals surface area contributed by atoms with Crippen molar-refractivity contribution in [2.24, 2.45) is 0 Å². The van der Waals surface area contributed by atoms with E-state index in [2.05, 4.69) is 13.8 Å². The summed E-state index contributed by atoms with van der Waals surface area (Å²) >= 11 is 0. The Bertz CT molecular complexity index is 522. The van der Waals surface area contributed by atoms with Crippen LogP contribution in [0.3, 0.4) is 0 Å². The lowest BCUT2D eigenvalue weighted by Crippen LogP contribution is -2.28. The first-order chi connectivity index (χ1) is 19.1. The zero-order chi connectivity index (χ0) is 28.7. The first kappa shape index (κ1) is 37.9. The number of ether oxygens (including phenoxy) is 2. The van der Waals surface area contributed by atoms with E-state index in [1.54, 1.807) is 0 Å². The summed E-state index contributed by atoms with van der Waals surface area (Å²) in [6, 6.07) is 0. The van der Waals surface area contributed by atoms with Crippen molar-refractivity contribution in [3.63, 3.8) is 0 Å². The van der Waals surface area contributed by atoms with E-state index in [4.69, 9.17) is 9.47 Å². The minimum atomic E-state index is -0.759. The average molecular weight is 555 g/mol. The molecular formula is C34H66O5. The second-order valence-electron chi connectivity index (χ2n) is 11.6. The largest absolute Gasteiger partial charge is 0.462 e. The molecule has 0 amide bonds. The summed E-state index contributed by atoms with van der Waals surface area (Å²) in [5, 5.41) is 9.49. The molecule has 0 aliphatic carbocycles. The molecule has 5 nitrogen and oxygen atoms in total. The molecule has 0 fully saturated rings. The molecule has 0 heterocycles. The van der Waals surface area contributed by atoms with Crippen LogP contribution < -0.4 is 0 Å². The lowest BCUT2D eigenvalue weighted by molar-refractivity contribution is -0.161. The Morgan fingerprint density at radius 1 is 0.487 bits per heavy atom. The minimum absolute atomic E-state index is 0.0576. The number of carbonyl (C=O) groups excluding carboxylic acids is 2. The topological polar surface area (TPSA) is 72.8 Å². The Labute approximate surface area is 242 Å². The van der Waals surface area contributed by atoms with Crippen LogP contribution in [0.25, 0.3) is 0 Å². The number of aliphatic hydroxyl groups is 1. The third-order valence-corrected chi connectivity index (χ3v) is 7.65. The summed E-state index contributed by atoms with van der Waals surface area (Å²) in [6.07, 6.45) is 31.5. The number of unbranched alkanes of at least 4 members (excludes halogenated alkanes) is 23. The number of aliphatic hydroxyl groups excluding tert-OH is 1. The number of rotatable bonds is 31. The van der Waals surface area contributed by atoms with Gasteiger partial charge < -0.3 is 14.6 Å². The highest BCUT2D eigenvalue weighted by Gasteiger charge is 2.16. The number of hydrogen-bond acceptors (Lipinski definition) is 5. The molecule has 0 saturated carbocycles. The van der Waals surface area contributed by atoms with Gasteiger partial charge in [-0.3, -0.25) is 9.59 Å². The van der Waals surface area contributed by atoms with Gasteiger partial charge in [-0.15, -0.1) is 0 Å². The maximum absolute atomic E-state index is 12.1. The van der Waals surface area contributed by atoms with Crippen LogP contribution >= 0.6 is 0 Å². The molecule has 0 aromatic rings. The van der Waals surface area contributed by atoms with Gasteiger partial charge in [0.15, 0.2) is 6.10 Å². The van der Waals surface area contributed by atoms with Gasteiger partial charge in [0.2, 0.25) is 0 Å². The fourth-order valence-electron chi connectivity index (χ4n) is 5.02. The molecule has 1 unspecified atom stereocenters. The number of esters is 2. The third kappa shape index (κ3) is 29.7. The molecule has 0 rings (SSSR count). The van der Waals surface area contributed by atoms with Gasteiger partial charge in [0.05, 0.1) is 6.61 Å². The van der Waals surface area contributed by atoms with Gasteiger partial charge in [0, 0.05) is 12.8 Å². The maximum atomic E-state index is 12.1. The molecule has 0 aromatic heterocycles. The Balaban J connectivity index is 3.54. The van der Waals surface area contributed by atoms with Crippen LogP contribution in [0.4, 0.5) is 0 Å². The van der Waals surface area contributed by atoms with E-state index >= 15 is 0 Å². The quantitative estimate of drug-likeness (QED) is 0.0681. The Morgan fingerprint density at radius 3 is 1.13 bits per heavy atom. The Kier molecular flexibility index (Phi) is 30.5. The summed E-state index contributed by atoms with van der Waals surface area (Å²) < 4.78 is 10.5. The third-order valence-electron chi connectivity index (χ3n) is 7.65. The lowest BCUT2D eigenvalue weighted by atomic mass is 10.0. The van der Waals surface area contributed by atoms with E-state index in [1.165, 1.54) is 128 Å². The molecule has 5 heteroatoms. The summed E-state index contributed by atoms with van der Waals surface area (Å²) in [7, 11) is 0. The predicted molar refractivity (Wildman–Crippen MR) is 164 cm³/mol. The normalized spacial score (nSPS) is 12.0. The molecule has 0 aromatic carbocycles. The van der Waals surface area contributed by atoms with Crippen LogP contribution in [-0.4, -0.2) is 36.4 Å². The molecule has 0 bridgehead atoms. The van der Waals surface area contributed by atoms with Gasteiger partial charge in [0.25, 0.3) is 0 Å². The van der Waals surface area contributed by atoms with Crippen LogP contribution in [0, 0.1) is 0 Å². The number of hydrogen-bond donors (Lipinski definition) is 1. The maximum Gasteiger partial charge on any atom is 0.306 e. The van der Waals surface area contributed by atoms with Crippen LogP contribution in [0.15, 0.2) is 0 Å². The van der Waals surface area contributed by atoms with E-state index in [9.17, 15) is 14.7 Å². The van der Waals surface area contributed by atoms with Crippen molar-refractivity contribution >= 4 is 11.9 Å². The molecule has 0 radical (unpaired) electrons. The van der Waals surface area contributed by atoms with Crippen molar-refractivity contribution in [3.05, 3.63) is 0 Å². The van der Waals surface area contributed by atoms with Crippen LogP contribution in [-0.2, 0) is 19.1 Å². The van der Waals surface area contributed by atoms with Crippen molar-refractivity contribution in [2.75, 3.05) is 13.2 Å². The summed E-state index contributed by atoms with van der Waals surface area (Å²) in [6.45, 7) is 4.13. The second kappa shape index (κ2) is 31.4. The highest BCUT2D eigenvalue weighted by Crippen LogP contribution is 2.14. The van der Waals surface area contributed by atoms with Crippen molar-refractivity contribution < 1.29 is 24.2 Å². The van der Waals surface area contributed by atoms with Crippen molar-refractivity contribution in [3.8, 4) is 0 Å². The molecule has 1 atom stereocenters. The van der Waals surface area contributed by atoms with E-state index < -0.39 is 6.10 Å². The molecule has 0 spiro atoms. The number of carbonyl (C=O) groups is 2. The zero-order valence-corrected chi connectivity index (χ0v) is 26.2. The van der Waals surface area contributed by atoms with Crippen LogP contribution in [0.1, 0.15) is 187 Å². The summed E-state index contributed by atoms with van der Waals surface area (Å²) in [5.74, 6) is -0.581. The standard InChI is InChI=1S/C34H66O5/c1-3-5-7-9-11-13-15-17-19-21-23-25-27-29-34(37)39-32(30-35)31-38-33(36)28-26-24-22-20-18-16-14-12-10-8-6-4-2/h32,35H,3-31H2,1-2H3. The molecule has 0 aliphatic rings. The monoisotopic (exact) mass is 554 g/mol. The average Bonchev–Trinajstić information content (AvgIpc) is 2.94. The molecule has 39 heavy (non-hydrogen) atoms. The highest BCUT2D eigenvalue weighted by atomic mass is 16.6. The first-order valence-electron chi connectivity index (χ1n) is 17.1. The van der Waals surface area contributed by atoms with Gasteiger partial charge >= 0.3 is 11.9 Å². The first-order valence-corrected chi connectivity index (χ1v) is 17.1. The van der Waals surface area contributed by atoms with E-state index in [0.29, 0.717) is 12.8 Å². The van der Waals surface area contributed by atoms with Crippen molar-refractivity contribution in [2.45, 2.75) is 193 Å². The van der Waals surface area contributed by atoms with E-state index in [-0.39, 0.29) is 25.2 Å². The molecule has 0 saturated heterocycles. The smallest absolute Gasteiger partial charge is 0.306 e. The molecular weight excluding hydrogens is 488 g/mol. The lowest BCUT2D eigenvalue weighted by Gasteiger charge is -2.15. The molecule has 0 aliphatic heterocycles. The van der Waals surface area contributed by atoms with Gasteiger partial charge in [-0.2, -0.15) is 0 Å². The predicted octanol–water partition coefficient (Wildman–Crippen LogP) is 10.0. The summed E-state index contributed by atoms with van der Waals surface area (Å²) in [4.78, 5) is 24.1. The Hall–Kier alpha value is -1.10. The van der Waals surface area contributed by atoms with Gasteiger partial charge in [0.1, 0.15) is 6.61 Å². The fourth-order valence-corrected chi connectivity index (χ4v) is 5.02. The van der Waals surface area contributed by atoms with Crippen molar-refractivity contribution in [1.82, 2.24) is 0 Å². The van der Waals surface area contributed by atoms with E-state index in [0.717, 1.165) is 32.1 Å². The second-order valence-corrected chi connectivity index (χ2v) is 11.6. The molecule has 232 valence electrons. The van der Waals surface area contributed by atoms with Gasteiger partial charge in [-0.25, -0.2) is 0 Å². The van der Waals surface area contributed by atoms with E-state index in [1.807, 2.05) is 0 Å². The van der Waals surface area contributed by atoms with Crippen LogP contribution in [0.5, 0.6) is 0 Å². The highest BCUT2D eigenvalue weighted by molar-refractivity contribution is 5.70. The van der Waals surface area contributed by atoms with Gasteiger partial charge in [-0.1, -0.05) is 162 Å². The fraction of sp³-hybridized carbons (Fsp3) is 0.941. The minimum Gasteiger partial charge on any atom is -0.462 e. The zero-order valence-electron chi connectivity index (χ0n) is 26.2. The Morgan fingerprint density at radius 2 is 0.795 bits per heavy atom. The van der Waals surface area contributed by atoms with Gasteiger partial charge in [-0.05, 0) is 12.8 Å². The van der Waals surface area contributed by atoms with Crippen LogP contribution in [0.2, 0.25) is 0 Å². The molecule has 1 N–H and O–H groups in total. The van der Waals surface area contributed by atoms with Crippen molar-refractivity contribution in [1.29, 1.82) is 0 Å². The summed E-state index contributed by atoms with van der Waals surface area (Å²) in [5.41, 5.74) is 0. The SMILES string of the molecule is CCCCCCCCCCCCCCCC(=O)OC(CO)COC(=O)CCCCCCCCCCCCCC.